The number of halogens is 1. The first-order chi connectivity index (χ1) is 7.54. The highest BCUT2D eigenvalue weighted by Gasteiger charge is 2.10. The van der Waals surface area contributed by atoms with Crippen LogP contribution in [0.4, 0.5) is 0 Å². The van der Waals surface area contributed by atoms with E-state index in [0.717, 1.165) is 4.47 Å². The lowest BCUT2D eigenvalue weighted by atomic mass is 10.1. The fraction of sp³-hybridized carbons (Fsp3) is 0.364. The molecule has 1 rings (SSSR count). The van der Waals surface area contributed by atoms with Gasteiger partial charge in [0.05, 0.1) is 6.10 Å². The van der Waals surface area contributed by atoms with Crippen LogP contribution in [0.1, 0.15) is 18.6 Å². The lowest BCUT2D eigenvalue weighted by Gasteiger charge is -2.13. The third kappa shape index (κ3) is 3.50. The summed E-state index contributed by atoms with van der Waals surface area (Å²) in [6.45, 7) is 1.59. The molecule has 0 fully saturated rings. The van der Waals surface area contributed by atoms with Gasteiger partial charge in [-0.2, -0.15) is 0 Å². The fourth-order valence-electron chi connectivity index (χ4n) is 1.19. The van der Waals surface area contributed by atoms with Crippen LogP contribution in [0.3, 0.4) is 0 Å². The van der Waals surface area contributed by atoms with E-state index >= 15 is 0 Å². The van der Waals surface area contributed by atoms with Gasteiger partial charge < -0.3 is 15.2 Å². The maximum atomic E-state index is 11.0. The molecular weight excluding hydrogens is 274 g/mol. The molecule has 4 nitrogen and oxygen atoms in total. The van der Waals surface area contributed by atoms with Gasteiger partial charge in [0.1, 0.15) is 5.75 Å². The lowest BCUT2D eigenvalue weighted by molar-refractivity contribution is -0.122. The normalized spacial score (nSPS) is 12.0. The Balaban J connectivity index is 2.82. The van der Waals surface area contributed by atoms with Crippen molar-refractivity contribution in [2.75, 3.05) is 13.7 Å². The Morgan fingerprint density at radius 1 is 1.62 bits per heavy atom. The third-order valence-electron chi connectivity index (χ3n) is 2.06. The Bertz CT molecular complexity index is 379. The average molecular weight is 288 g/mol. The van der Waals surface area contributed by atoms with Crippen LogP contribution < -0.4 is 10.1 Å². The monoisotopic (exact) mass is 287 g/mol. The number of carbonyl (C=O) groups is 1. The number of nitrogens with one attached hydrogen (secondary N) is 1. The molecule has 1 atom stereocenters. The maximum Gasteiger partial charge on any atom is 0.257 e. The molecular formula is C11H14BrNO3. The Morgan fingerprint density at radius 3 is 2.88 bits per heavy atom. The van der Waals surface area contributed by atoms with Gasteiger partial charge >= 0.3 is 0 Å². The van der Waals surface area contributed by atoms with Crippen molar-refractivity contribution >= 4 is 21.8 Å². The second kappa shape index (κ2) is 5.86. The smallest absolute Gasteiger partial charge is 0.257 e. The first-order valence-electron chi connectivity index (χ1n) is 4.85. The summed E-state index contributed by atoms with van der Waals surface area (Å²) in [6, 6.07) is 5.28. The van der Waals surface area contributed by atoms with Crippen LogP contribution in [0.25, 0.3) is 0 Å². The molecule has 0 saturated carbocycles. The Kier molecular flexibility index (Phi) is 4.76. The zero-order valence-electron chi connectivity index (χ0n) is 9.16. The standard InChI is InChI=1S/C11H14BrNO3/c1-7(14)9-5-8(12)3-4-10(9)16-6-11(15)13-2/h3-5,7,14H,6H2,1-2H3,(H,13,15)/t7-/m1/s1. The summed E-state index contributed by atoms with van der Waals surface area (Å²) in [4.78, 5) is 11.0. The van der Waals surface area contributed by atoms with Crippen LogP contribution in [0.15, 0.2) is 22.7 Å². The van der Waals surface area contributed by atoms with Crippen LogP contribution in [0, 0.1) is 0 Å². The first-order valence-corrected chi connectivity index (χ1v) is 5.64. The molecule has 0 aromatic heterocycles. The van der Waals surface area contributed by atoms with Gasteiger partial charge in [0.25, 0.3) is 5.91 Å². The molecule has 0 aliphatic rings. The summed E-state index contributed by atoms with van der Waals surface area (Å²) < 4.78 is 6.17. The number of hydrogen-bond acceptors (Lipinski definition) is 3. The van der Waals surface area contributed by atoms with Crippen LogP contribution in [-0.2, 0) is 4.79 Å². The molecule has 88 valence electrons. The van der Waals surface area contributed by atoms with Crippen molar-refractivity contribution in [3.05, 3.63) is 28.2 Å². The highest BCUT2D eigenvalue weighted by molar-refractivity contribution is 9.10. The fourth-order valence-corrected chi connectivity index (χ4v) is 1.57. The van der Waals surface area contributed by atoms with Crippen molar-refractivity contribution in [3.63, 3.8) is 0 Å². The minimum Gasteiger partial charge on any atom is -0.483 e. The molecule has 0 aliphatic heterocycles. The molecule has 1 amide bonds. The Hall–Kier alpha value is -1.07. The Morgan fingerprint density at radius 2 is 2.31 bits per heavy atom. The van der Waals surface area contributed by atoms with Gasteiger partial charge in [0.2, 0.25) is 0 Å². The highest BCUT2D eigenvalue weighted by atomic mass is 79.9. The van der Waals surface area contributed by atoms with Gasteiger partial charge in [-0.05, 0) is 25.1 Å². The van der Waals surface area contributed by atoms with Crippen molar-refractivity contribution in [1.82, 2.24) is 5.32 Å². The van der Waals surface area contributed by atoms with Crippen molar-refractivity contribution in [3.8, 4) is 5.75 Å². The van der Waals surface area contributed by atoms with Crippen LogP contribution in [0.2, 0.25) is 0 Å². The number of likely N-dealkylation sites (N-methyl/N-ethyl adjacent to an activating group) is 1. The molecule has 1 aromatic rings. The predicted molar refractivity (Wildman–Crippen MR) is 64.3 cm³/mol. The quantitative estimate of drug-likeness (QED) is 0.885. The number of ether oxygens (including phenoxy) is 1. The molecule has 0 radical (unpaired) electrons. The molecule has 2 N–H and O–H groups in total. The summed E-state index contributed by atoms with van der Waals surface area (Å²) in [5, 5.41) is 12.0. The van der Waals surface area contributed by atoms with Gasteiger partial charge in [-0.1, -0.05) is 15.9 Å². The third-order valence-corrected chi connectivity index (χ3v) is 2.55. The summed E-state index contributed by atoms with van der Waals surface area (Å²) in [7, 11) is 1.54. The van der Waals surface area contributed by atoms with E-state index < -0.39 is 6.10 Å². The van der Waals surface area contributed by atoms with Crippen molar-refractivity contribution in [2.45, 2.75) is 13.0 Å². The molecule has 0 heterocycles. The van der Waals surface area contributed by atoms with Gasteiger partial charge in [0.15, 0.2) is 6.61 Å². The van der Waals surface area contributed by atoms with Gasteiger partial charge in [-0.3, -0.25) is 4.79 Å². The number of amides is 1. The maximum absolute atomic E-state index is 11.0. The van der Waals surface area contributed by atoms with Crippen LogP contribution >= 0.6 is 15.9 Å². The van der Waals surface area contributed by atoms with Crippen molar-refractivity contribution in [1.29, 1.82) is 0 Å². The first kappa shape index (κ1) is 13.0. The lowest BCUT2D eigenvalue weighted by Crippen LogP contribution is -2.25. The number of aliphatic hydroxyl groups excluding tert-OH is 1. The molecule has 0 aliphatic carbocycles. The molecule has 1 aromatic carbocycles. The molecule has 5 heteroatoms. The second-order valence-electron chi connectivity index (χ2n) is 3.32. The van der Waals surface area contributed by atoms with E-state index in [9.17, 15) is 9.90 Å². The Labute approximate surface area is 103 Å². The number of hydrogen-bond donors (Lipinski definition) is 2. The van der Waals surface area contributed by atoms with Crippen LogP contribution in [-0.4, -0.2) is 24.7 Å². The van der Waals surface area contributed by atoms with E-state index in [1.165, 1.54) is 0 Å². The van der Waals surface area contributed by atoms with Crippen LogP contribution in [0.5, 0.6) is 5.75 Å². The molecule has 0 spiro atoms. The van der Waals surface area contributed by atoms with E-state index in [1.54, 1.807) is 32.2 Å². The summed E-state index contributed by atoms with van der Waals surface area (Å²) in [5.41, 5.74) is 0.651. The second-order valence-corrected chi connectivity index (χ2v) is 4.24. The molecule has 16 heavy (non-hydrogen) atoms. The molecule has 0 saturated heterocycles. The number of aliphatic hydroxyl groups is 1. The van der Waals surface area contributed by atoms with Gasteiger partial charge in [-0.15, -0.1) is 0 Å². The number of carbonyl (C=O) groups excluding carboxylic acids is 1. The highest BCUT2D eigenvalue weighted by Crippen LogP contribution is 2.28. The van der Waals surface area contributed by atoms with Gasteiger partial charge in [0, 0.05) is 17.1 Å². The summed E-state index contributed by atoms with van der Waals surface area (Å²) >= 11 is 3.31. The largest absolute Gasteiger partial charge is 0.483 e. The SMILES string of the molecule is CNC(=O)COc1ccc(Br)cc1[C@@H](C)O. The topological polar surface area (TPSA) is 58.6 Å². The van der Waals surface area contributed by atoms with Gasteiger partial charge in [-0.25, -0.2) is 0 Å². The number of benzene rings is 1. The van der Waals surface area contributed by atoms with E-state index in [0.29, 0.717) is 11.3 Å². The minimum absolute atomic E-state index is 0.0577. The van der Waals surface area contributed by atoms with Crippen molar-refractivity contribution < 1.29 is 14.6 Å². The summed E-state index contributed by atoms with van der Waals surface area (Å²) in [6.07, 6.45) is -0.641. The van der Waals surface area contributed by atoms with E-state index in [-0.39, 0.29) is 12.5 Å². The minimum atomic E-state index is -0.641. The van der Waals surface area contributed by atoms with E-state index in [1.807, 2.05) is 0 Å². The average Bonchev–Trinajstić information content (AvgIpc) is 2.26. The zero-order chi connectivity index (χ0) is 12.1. The summed E-state index contributed by atoms with van der Waals surface area (Å²) in [5.74, 6) is 0.307. The molecule has 0 bridgehead atoms. The van der Waals surface area contributed by atoms with E-state index in [2.05, 4.69) is 21.2 Å². The molecule has 0 unspecified atom stereocenters. The predicted octanol–water partition coefficient (Wildman–Crippen LogP) is 1.63. The van der Waals surface area contributed by atoms with E-state index in [4.69, 9.17) is 4.74 Å². The zero-order valence-corrected chi connectivity index (χ0v) is 10.7. The number of rotatable bonds is 4. The van der Waals surface area contributed by atoms with Crippen molar-refractivity contribution in [2.24, 2.45) is 0 Å².